The van der Waals surface area contributed by atoms with Crippen molar-refractivity contribution in [2.24, 2.45) is 17.8 Å². The van der Waals surface area contributed by atoms with E-state index in [1.807, 2.05) is 75.4 Å². The van der Waals surface area contributed by atoms with Crippen molar-refractivity contribution < 1.29 is 29.0 Å². The number of aliphatic hydroxyl groups excluding tert-OH is 1. The number of anilines is 1. The number of hydrogen-bond acceptors (Lipinski definition) is 6. The molecule has 1 N–H and O–H groups in total. The Hall–Kier alpha value is -3.47. The highest BCUT2D eigenvalue weighted by Crippen LogP contribution is 2.61. The quantitative estimate of drug-likeness (QED) is 0.207. The van der Waals surface area contributed by atoms with Gasteiger partial charge in [0.25, 0.3) is 0 Å². The van der Waals surface area contributed by atoms with Gasteiger partial charge in [0.2, 0.25) is 17.7 Å². The summed E-state index contributed by atoms with van der Waals surface area (Å²) in [5.74, 6) is -2.06. The van der Waals surface area contributed by atoms with E-state index in [1.54, 1.807) is 26.9 Å². The van der Waals surface area contributed by atoms with Crippen LogP contribution in [0, 0.1) is 17.8 Å². The first-order valence-corrected chi connectivity index (χ1v) is 17.4. The first kappa shape index (κ1) is 34.9. The molecule has 2 aromatic carbocycles. The largest absolute Gasteiger partial charge is 0.494 e. The predicted octanol–water partition coefficient (Wildman–Crippen LogP) is 4.97. The van der Waals surface area contributed by atoms with Crippen LogP contribution in [0.4, 0.5) is 5.69 Å². The standard InChI is InChI=1S/C37H46BrN3O6/c1-6-19-39(22-25-13-11-10-12-14-25)36(45)33-37-21-28(38)32(47-37)30(31(37)35(44)41(33)29(23-42)24(5)8-3)34(43)40(20-7-2)26-15-17-27(18-16-26)46-9-4/h6-7,10-18,24,28-33,42H,1-2,8-9,19-23H2,3-5H3/t24-,28?,29-,30+,31-,32+,33?,37?/m0/s1. The molecular weight excluding hydrogens is 662 g/mol. The van der Waals surface area contributed by atoms with Crippen LogP contribution in [0.3, 0.4) is 0 Å². The zero-order valence-electron chi connectivity index (χ0n) is 27.5. The zero-order chi connectivity index (χ0) is 33.9. The number of alkyl halides is 1. The summed E-state index contributed by atoms with van der Waals surface area (Å²) in [5.41, 5.74) is 0.319. The van der Waals surface area contributed by atoms with Crippen LogP contribution in [0.15, 0.2) is 79.9 Å². The first-order valence-electron chi connectivity index (χ1n) is 16.5. The number of fused-ring (bicyclic) bond motifs is 1. The molecule has 0 radical (unpaired) electrons. The van der Waals surface area contributed by atoms with Gasteiger partial charge in [-0.25, -0.2) is 0 Å². The van der Waals surface area contributed by atoms with E-state index >= 15 is 0 Å². The molecular formula is C37H46BrN3O6. The van der Waals surface area contributed by atoms with Gasteiger partial charge in [-0.05, 0) is 49.1 Å². The number of carbonyl (C=O) groups is 3. The predicted molar refractivity (Wildman–Crippen MR) is 185 cm³/mol. The minimum atomic E-state index is -1.26. The highest BCUT2D eigenvalue weighted by Gasteiger charge is 2.77. The van der Waals surface area contributed by atoms with Crippen molar-refractivity contribution >= 4 is 39.3 Å². The number of likely N-dealkylation sites (tertiary alicyclic amines) is 1. The second-order valence-electron chi connectivity index (χ2n) is 12.7. The number of rotatable bonds is 15. The maximum Gasteiger partial charge on any atom is 0.249 e. The molecule has 252 valence electrons. The summed E-state index contributed by atoms with van der Waals surface area (Å²) in [6, 6.07) is 15.3. The fraction of sp³-hybridized carbons (Fsp3) is 0.486. The number of amides is 3. The highest BCUT2D eigenvalue weighted by molar-refractivity contribution is 9.09. The Morgan fingerprint density at radius 1 is 1.11 bits per heavy atom. The molecule has 2 bridgehead atoms. The molecule has 3 saturated heterocycles. The van der Waals surface area contributed by atoms with Gasteiger partial charge in [-0.15, -0.1) is 13.2 Å². The van der Waals surface area contributed by atoms with Crippen LogP contribution in [0.2, 0.25) is 0 Å². The molecule has 0 aliphatic carbocycles. The van der Waals surface area contributed by atoms with Gasteiger partial charge >= 0.3 is 0 Å². The Bertz CT molecular complexity index is 1450. The van der Waals surface area contributed by atoms with Crippen molar-refractivity contribution in [3.05, 3.63) is 85.5 Å². The Kier molecular flexibility index (Phi) is 10.9. The van der Waals surface area contributed by atoms with Gasteiger partial charge in [0, 0.05) is 30.1 Å². The fourth-order valence-corrected chi connectivity index (χ4v) is 8.63. The number of ether oxygens (including phenoxy) is 2. The molecule has 0 aromatic heterocycles. The number of benzene rings is 2. The van der Waals surface area contributed by atoms with Crippen molar-refractivity contribution in [1.82, 2.24) is 9.80 Å². The Morgan fingerprint density at radius 2 is 1.79 bits per heavy atom. The van der Waals surface area contributed by atoms with Gasteiger partial charge in [-0.1, -0.05) is 78.7 Å². The number of nitrogens with zero attached hydrogens (tertiary/aromatic N) is 3. The molecule has 3 aliphatic rings. The van der Waals surface area contributed by atoms with Crippen molar-refractivity contribution in [3.8, 4) is 5.75 Å². The van der Waals surface area contributed by atoms with Crippen LogP contribution in [0.5, 0.6) is 5.75 Å². The summed E-state index contributed by atoms with van der Waals surface area (Å²) in [6.45, 7) is 14.7. The Balaban J connectivity index is 1.59. The molecule has 3 unspecified atom stereocenters. The van der Waals surface area contributed by atoms with Crippen molar-refractivity contribution in [3.63, 3.8) is 0 Å². The number of hydrogen-bond donors (Lipinski definition) is 1. The van der Waals surface area contributed by atoms with Crippen molar-refractivity contribution in [2.75, 3.05) is 31.2 Å². The molecule has 5 rings (SSSR count). The van der Waals surface area contributed by atoms with Gasteiger partial charge in [-0.3, -0.25) is 14.4 Å². The average Bonchev–Trinajstić information content (AvgIpc) is 3.67. The van der Waals surface area contributed by atoms with E-state index in [-0.39, 0.29) is 48.2 Å². The lowest BCUT2D eigenvalue weighted by Gasteiger charge is -2.41. The molecule has 3 amide bonds. The Morgan fingerprint density at radius 3 is 2.38 bits per heavy atom. The van der Waals surface area contributed by atoms with Crippen LogP contribution in [0.1, 0.15) is 39.2 Å². The molecule has 3 heterocycles. The van der Waals surface area contributed by atoms with E-state index in [0.717, 1.165) is 5.56 Å². The van der Waals surface area contributed by atoms with Crippen LogP contribution >= 0.6 is 15.9 Å². The second-order valence-corrected chi connectivity index (χ2v) is 13.9. The van der Waals surface area contributed by atoms with Crippen molar-refractivity contribution in [1.29, 1.82) is 0 Å². The lowest BCUT2D eigenvalue weighted by atomic mass is 9.70. The van der Waals surface area contributed by atoms with Crippen LogP contribution in [-0.4, -0.2) is 87.5 Å². The summed E-state index contributed by atoms with van der Waals surface area (Å²) in [7, 11) is 0. The monoisotopic (exact) mass is 707 g/mol. The minimum absolute atomic E-state index is 0.108. The first-order chi connectivity index (χ1) is 22.7. The molecule has 10 heteroatoms. The summed E-state index contributed by atoms with van der Waals surface area (Å²) < 4.78 is 12.4. The van der Waals surface area contributed by atoms with Gasteiger partial charge in [-0.2, -0.15) is 0 Å². The van der Waals surface area contributed by atoms with Crippen LogP contribution in [0.25, 0.3) is 0 Å². The van der Waals surface area contributed by atoms with E-state index in [9.17, 15) is 19.5 Å². The number of aliphatic hydroxyl groups is 1. The zero-order valence-corrected chi connectivity index (χ0v) is 29.1. The lowest BCUT2D eigenvalue weighted by Crippen LogP contribution is -2.59. The summed E-state index contributed by atoms with van der Waals surface area (Å²) in [6.07, 6.45) is 3.76. The molecule has 9 nitrogen and oxygen atoms in total. The van der Waals surface area contributed by atoms with Crippen molar-refractivity contribution in [2.45, 2.75) is 68.8 Å². The lowest BCUT2D eigenvalue weighted by molar-refractivity contribution is -0.152. The third-order valence-electron chi connectivity index (χ3n) is 10.0. The molecule has 3 fully saturated rings. The molecule has 8 atom stereocenters. The van der Waals surface area contributed by atoms with Crippen LogP contribution in [-0.2, 0) is 25.7 Å². The summed E-state index contributed by atoms with van der Waals surface area (Å²) in [5, 5.41) is 10.7. The second kappa shape index (κ2) is 14.7. The smallest absolute Gasteiger partial charge is 0.249 e. The average molecular weight is 709 g/mol. The third kappa shape index (κ3) is 6.27. The third-order valence-corrected chi connectivity index (χ3v) is 10.9. The maximum absolute atomic E-state index is 14.9. The molecule has 1 spiro atoms. The maximum atomic E-state index is 14.9. The van der Waals surface area contributed by atoms with Gasteiger partial charge in [0.15, 0.2) is 0 Å². The summed E-state index contributed by atoms with van der Waals surface area (Å²) in [4.78, 5) is 49.0. The van der Waals surface area contributed by atoms with E-state index in [2.05, 4.69) is 29.1 Å². The van der Waals surface area contributed by atoms with Gasteiger partial charge in [0.05, 0.1) is 37.2 Å². The van der Waals surface area contributed by atoms with Gasteiger partial charge < -0.3 is 29.3 Å². The van der Waals surface area contributed by atoms with E-state index in [4.69, 9.17) is 9.47 Å². The summed E-state index contributed by atoms with van der Waals surface area (Å²) >= 11 is 3.79. The fourth-order valence-electron chi connectivity index (χ4n) is 7.69. The van der Waals surface area contributed by atoms with Crippen LogP contribution < -0.4 is 9.64 Å². The molecule has 0 saturated carbocycles. The Labute approximate surface area is 286 Å². The van der Waals surface area contributed by atoms with Gasteiger partial charge in [0.1, 0.15) is 17.4 Å². The normalized spacial score (nSPS) is 27.2. The number of halogens is 1. The van der Waals surface area contributed by atoms with E-state index < -0.39 is 35.6 Å². The topological polar surface area (TPSA) is 99.6 Å². The SMILES string of the molecule is C=CCN(Cc1ccccc1)C(=O)C1N([C@@H](CO)[C@@H](C)CC)C(=O)[C@@H]2[C@@H](C(=O)N(CC=C)c3ccc(OCC)cc3)[C@@H]3OC12CC3Br. The minimum Gasteiger partial charge on any atom is -0.494 e. The van der Waals surface area contributed by atoms with E-state index in [1.165, 1.54) is 0 Å². The molecule has 3 aliphatic heterocycles. The van der Waals surface area contributed by atoms with E-state index in [0.29, 0.717) is 37.4 Å². The highest BCUT2D eigenvalue weighted by atomic mass is 79.9. The number of carbonyl (C=O) groups excluding carboxylic acids is 3. The molecule has 47 heavy (non-hydrogen) atoms. The molecule has 2 aromatic rings.